The lowest BCUT2D eigenvalue weighted by Gasteiger charge is -2.12. The van der Waals surface area contributed by atoms with Crippen LogP contribution in [-0.4, -0.2) is 24.3 Å². The van der Waals surface area contributed by atoms with Crippen LogP contribution >= 0.6 is 38.5 Å². The molecule has 0 saturated carbocycles. The van der Waals surface area contributed by atoms with Gasteiger partial charge in [-0.05, 0) is 100 Å². The maximum Gasteiger partial charge on any atom is 0.341 e. The second kappa shape index (κ2) is 10.6. The number of carboxylic acids is 1. The first kappa shape index (κ1) is 22.4. The molecule has 0 saturated heterocycles. The molecule has 0 atom stereocenters. The second-order valence-corrected chi connectivity index (χ2v) is 8.71. The lowest BCUT2D eigenvalue weighted by atomic mass is 9.98. The molecule has 0 aromatic heterocycles. The van der Waals surface area contributed by atoms with Gasteiger partial charge in [0.2, 0.25) is 0 Å². The topological polar surface area (TPSA) is 55.8 Å². The van der Waals surface area contributed by atoms with Gasteiger partial charge in [-0.3, -0.25) is 0 Å². The van der Waals surface area contributed by atoms with Crippen LogP contribution < -0.4 is 9.47 Å². The van der Waals surface area contributed by atoms with Crippen LogP contribution in [0.25, 0.3) is 5.57 Å². The highest BCUT2D eigenvalue weighted by Gasteiger charge is 2.07. The summed E-state index contributed by atoms with van der Waals surface area (Å²) in [6, 6.07) is 21.9. The van der Waals surface area contributed by atoms with Crippen molar-refractivity contribution in [3.63, 3.8) is 0 Å². The van der Waals surface area contributed by atoms with E-state index < -0.39 is 5.97 Å². The largest absolute Gasteiger partial charge is 0.489 e. The summed E-state index contributed by atoms with van der Waals surface area (Å²) in [5.74, 6) is 0.231. The van der Waals surface area contributed by atoms with Crippen LogP contribution in [0, 0.1) is 10.5 Å². The Hall–Kier alpha value is -2.32. The molecule has 4 nitrogen and oxygen atoms in total. The van der Waals surface area contributed by atoms with Crippen molar-refractivity contribution < 1.29 is 19.4 Å². The molecule has 0 radical (unpaired) electrons. The third-order valence-electron chi connectivity index (χ3n) is 4.35. The van der Waals surface area contributed by atoms with Crippen molar-refractivity contribution in [3.8, 4) is 11.5 Å². The minimum atomic E-state index is -1.00. The Kier molecular flexibility index (Phi) is 7.93. The number of halogens is 2. The van der Waals surface area contributed by atoms with Gasteiger partial charge in [-0.1, -0.05) is 40.2 Å². The minimum Gasteiger partial charge on any atom is -0.489 e. The van der Waals surface area contributed by atoms with Crippen molar-refractivity contribution >= 4 is 50.1 Å². The van der Waals surface area contributed by atoms with E-state index in [1.54, 1.807) is 12.1 Å². The summed E-state index contributed by atoms with van der Waals surface area (Å²) in [6.07, 6.45) is 2.07. The second-order valence-electron chi connectivity index (χ2n) is 6.55. The third-order valence-corrected chi connectivity index (χ3v) is 5.59. The van der Waals surface area contributed by atoms with Crippen molar-refractivity contribution in [3.05, 3.63) is 97.5 Å². The van der Waals surface area contributed by atoms with Gasteiger partial charge in [0.25, 0.3) is 0 Å². The molecule has 1 N–H and O–H groups in total. The summed E-state index contributed by atoms with van der Waals surface area (Å²) in [6.45, 7) is 1.89. The first-order chi connectivity index (χ1) is 14.4. The van der Waals surface area contributed by atoms with Crippen molar-refractivity contribution in [1.82, 2.24) is 0 Å². The van der Waals surface area contributed by atoms with Crippen molar-refractivity contribution in [2.45, 2.75) is 6.92 Å². The summed E-state index contributed by atoms with van der Waals surface area (Å²) in [4.78, 5) is 10.7. The van der Waals surface area contributed by atoms with Crippen LogP contribution in [0.3, 0.4) is 0 Å². The van der Waals surface area contributed by atoms with Gasteiger partial charge >= 0.3 is 5.97 Å². The molecule has 0 heterocycles. The Morgan fingerprint density at radius 3 is 2.23 bits per heavy atom. The summed E-state index contributed by atoms with van der Waals surface area (Å²) in [5, 5.41) is 8.75. The van der Waals surface area contributed by atoms with Crippen molar-refractivity contribution in [1.29, 1.82) is 0 Å². The predicted octanol–water partition coefficient (Wildman–Crippen LogP) is 6.34. The minimum absolute atomic E-state index is 0.365. The van der Waals surface area contributed by atoms with E-state index in [1.165, 1.54) is 3.57 Å². The molecular formula is C24H20BrIO4. The summed E-state index contributed by atoms with van der Waals surface area (Å²) in [5.41, 5.74) is 4.15. The van der Waals surface area contributed by atoms with Crippen LogP contribution in [0.2, 0.25) is 0 Å². The first-order valence-corrected chi connectivity index (χ1v) is 11.1. The molecule has 0 amide bonds. The number of rotatable bonds is 8. The highest BCUT2D eigenvalue weighted by Crippen LogP contribution is 2.27. The smallest absolute Gasteiger partial charge is 0.341 e. The van der Waals surface area contributed by atoms with Crippen LogP contribution in [0.1, 0.15) is 16.7 Å². The molecule has 0 aliphatic rings. The number of aliphatic carboxylic acids is 1. The number of hydrogen-bond acceptors (Lipinski definition) is 3. The molecule has 0 unspecified atom stereocenters. The highest BCUT2D eigenvalue weighted by molar-refractivity contribution is 14.1. The zero-order valence-corrected chi connectivity index (χ0v) is 20.0. The van der Waals surface area contributed by atoms with Gasteiger partial charge in [0, 0.05) is 8.04 Å². The molecule has 3 aromatic rings. The number of aryl methyl sites for hydroxylation is 1. The van der Waals surface area contributed by atoms with Gasteiger partial charge in [0.1, 0.15) is 18.1 Å². The molecule has 154 valence electrons. The Morgan fingerprint density at radius 1 is 1.00 bits per heavy atom. The normalized spacial score (nSPS) is 11.2. The molecule has 6 heteroatoms. The van der Waals surface area contributed by atoms with Crippen LogP contribution in [0.4, 0.5) is 0 Å². The first-order valence-electron chi connectivity index (χ1n) is 9.22. The monoisotopic (exact) mass is 578 g/mol. The standard InChI is InChI=1S/C24H20BrIO4/c1-16-14-21(10-11-23(16)30-15-24(27)28)29-13-12-22(17-2-6-19(25)7-3-17)18-4-8-20(26)9-5-18/h2-12,14H,13,15H2,1H3,(H,27,28)/b22-12+. The third kappa shape index (κ3) is 6.34. The van der Waals surface area contributed by atoms with E-state index in [1.807, 2.05) is 25.1 Å². The quantitative estimate of drug-likeness (QED) is 0.317. The number of benzene rings is 3. The molecule has 3 rings (SSSR count). The molecule has 3 aromatic carbocycles. The molecule has 30 heavy (non-hydrogen) atoms. The zero-order chi connectivity index (χ0) is 21.5. The van der Waals surface area contributed by atoms with E-state index in [0.29, 0.717) is 18.1 Å². The fraction of sp³-hybridized carbons (Fsp3) is 0.125. The Morgan fingerprint density at radius 2 is 1.63 bits per heavy atom. The van der Waals surface area contributed by atoms with Gasteiger partial charge in [-0.2, -0.15) is 0 Å². The lowest BCUT2D eigenvalue weighted by molar-refractivity contribution is -0.139. The van der Waals surface area contributed by atoms with Crippen LogP contribution in [0.15, 0.2) is 77.3 Å². The lowest BCUT2D eigenvalue weighted by Crippen LogP contribution is -2.10. The number of carbonyl (C=O) groups is 1. The highest BCUT2D eigenvalue weighted by atomic mass is 127. The predicted molar refractivity (Wildman–Crippen MR) is 130 cm³/mol. The van der Waals surface area contributed by atoms with E-state index in [-0.39, 0.29) is 6.61 Å². The van der Waals surface area contributed by atoms with Gasteiger partial charge < -0.3 is 14.6 Å². The molecular weight excluding hydrogens is 559 g/mol. The summed E-state index contributed by atoms with van der Waals surface area (Å²) in [7, 11) is 0. The summed E-state index contributed by atoms with van der Waals surface area (Å²) < 4.78 is 13.4. The van der Waals surface area contributed by atoms with E-state index in [0.717, 1.165) is 26.7 Å². The molecule has 0 fully saturated rings. The zero-order valence-electron chi connectivity index (χ0n) is 16.3. The van der Waals surface area contributed by atoms with Crippen molar-refractivity contribution in [2.75, 3.05) is 13.2 Å². The Bertz CT molecular complexity index is 996. The number of carboxylic acid groups (broad SMARTS) is 1. The Balaban J connectivity index is 1.77. The fourth-order valence-electron chi connectivity index (χ4n) is 2.90. The molecule has 0 aliphatic heterocycles. The maximum absolute atomic E-state index is 10.7. The molecule has 0 spiro atoms. The average Bonchev–Trinajstić information content (AvgIpc) is 2.72. The van der Waals surface area contributed by atoms with Crippen LogP contribution in [-0.2, 0) is 4.79 Å². The molecule has 0 bridgehead atoms. The van der Waals surface area contributed by atoms with Gasteiger partial charge in [-0.25, -0.2) is 4.79 Å². The van der Waals surface area contributed by atoms with E-state index in [4.69, 9.17) is 14.6 Å². The van der Waals surface area contributed by atoms with Gasteiger partial charge in [0.05, 0.1) is 0 Å². The Labute approximate surface area is 197 Å². The maximum atomic E-state index is 10.7. The summed E-state index contributed by atoms with van der Waals surface area (Å²) >= 11 is 5.78. The van der Waals surface area contributed by atoms with Gasteiger partial charge in [0.15, 0.2) is 6.61 Å². The number of ether oxygens (including phenoxy) is 2. The van der Waals surface area contributed by atoms with Crippen LogP contribution in [0.5, 0.6) is 11.5 Å². The average molecular weight is 579 g/mol. The van der Waals surface area contributed by atoms with Crippen molar-refractivity contribution in [2.24, 2.45) is 0 Å². The van der Waals surface area contributed by atoms with E-state index >= 15 is 0 Å². The van der Waals surface area contributed by atoms with E-state index in [2.05, 4.69) is 81.0 Å². The SMILES string of the molecule is Cc1cc(OC/C=C(\c2ccc(Br)cc2)c2ccc(I)cc2)ccc1OCC(=O)O. The van der Waals surface area contributed by atoms with Gasteiger partial charge in [-0.15, -0.1) is 0 Å². The fourth-order valence-corrected chi connectivity index (χ4v) is 3.52. The van der Waals surface area contributed by atoms with E-state index in [9.17, 15) is 4.79 Å². The number of hydrogen-bond donors (Lipinski definition) is 1. The molecule has 0 aliphatic carbocycles.